The van der Waals surface area contributed by atoms with Gasteiger partial charge in [-0.05, 0) is 0 Å². The smallest absolute Gasteiger partial charge is 0.346 e. The van der Waals surface area contributed by atoms with Gasteiger partial charge in [0.25, 0.3) is 0 Å². The molecule has 0 saturated carbocycles. The summed E-state index contributed by atoms with van der Waals surface area (Å²) in [5.74, 6) is 1.49. The maximum atomic E-state index is 3.25. The Balaban J connectivity index is -0.0000000564. The van der Waals surface area contributed by atoms with E-state index in [2.05, 4.69) is 41.5 Å². The van der Waals surface area contributed by atoms with Gasteiger partial charge in [-0.2, -0.15) is 26.2 Å². The molecule has 0 atom stereocenters. The van der Waals surface area contributed by atoms with Crippen molar-refractivity contribution < 1.29 is 53.8 Å². The van der Waals surface area contributed by atoms with Crippen LogP contribution >= 0.6 is 0 Å². The van der Waals surface area contributed by atoms with Gasteiger partial charge in [-0.15, -0.1) is 0 Å². The zero-order valence-electron chi connectivity index (χ0n) is 8.69. The molecule has 0 rings (SSSR count). The monoisotopic (exact) mass is 401 g/mol. The second kappa shape index (κ2) is 11.8. The van der Waals surface area contributed by atoms with Crippen LogP contribution in [0.15, 0.2) is 0 Å². The molecule has 1 radical (unpaired) electrons. The summed E-state index contributed by atoms with van der Waals surface area (Å²) in [6.07, 6.45) is 0. The third kappa shape index (κ3) is 18.6. The van der Waals surface area contributed by atoms with Gasteiger partial charge >= 0.3 is 21.1 Å². The molecule has 0 nitrogen and oxygen atoms in total. The summed E-state index contributed by atoms with van der Waals surface area (Å²) in [6.45, 7) is 16.0. The first-order valence-corrected chi connectivity index (χ1v) is 3.46. The van der Waals surface area contributed by atoms with Gasteiger partial charge in [-0.1, -0.05) is 20.8 Å². The van der Waals surface area contributed by atoms with Gasteiger partial charge in [-0.3, -0.25) is 0 Å². The normalized spacial score (nSPS) is 8.73. The Kier molecular flexibility index (Phi) is 24.7. The third-order valence-electron chi connectivity index (χ3n) is 1.50. The van der Waals surface area contributed by atoms with Crippen LogP contribution in [-0.2, 0) is 53.8 Å². The number of hydrogen-bond donors (Lipinski definition) is 0. The van der Waals surface area contributed by atoms with Crippen molar-refractivity contribution in [2.45, 2.75) is 41.5 Å². The fraction of sp³-hybridized carbons (Fsp3) is 0.778. The van der Waals surface area contributed by atoms with E-state index in [0.29, 0.717) is 5.41 Å². The van der Waals surface area contributed by atoms with Crippen molar-refractivity contribution in [3.05, 3.63) is 12.8 Å². The van der Waals surface area contributed by atoms with Gasteiger partial charge in [-0.25, -0.2) is 0 Å². The van der Waals surface area contributed by atoms with Gasteiger partial charge < -0.3 is 12.8 Å². The Morgan fingerprint density at radius 3 is 1.09 bits per heavy atom. The van der Waals surface area contributed by atoms with E-state index in [0.717, 1.165) is 0 Å². The molecule has 0 aromatic heterocycles. The molecule has 0 N–H and O–H groups in total. The van der Waals surface area contributed by atoms with Crippen molar-refractivity contribution in [2.24, 2.45) is 5.41 Å². The zero-order valence-corrected chi connectivity index (χ0v) is 14.5. The Hall–Kier alpha value is 1.79. The summed E-state index contributed by atoms with van der Waals surface area (Å²) in [7, 11) is 0. The van der Waals surface area contributed by atoms with Crippen molar-refractivity contribution in [3.8, 4) is 0 Å². The van der Waals surface area contributed by atoms with Gasteiger partial charge in [0.15, 0.2) is 0 Å². The summed E-state index contributed by atoms with van der Waals surface area (Å²) >= 11 is 0. The Morgan fingerprint density at radius 2 is 1.09 bits per heavy atom. The average molecular weight is 401 g/mol. The Bertz CT molecular complexity index is 55.1. The molecular formula is C9H20WY. The van der Waals surface area contributed by atoms with Crippen LogP contribution in [0.3, 0.4) is 0 Å². The van der Waals surface area contributed by atoms with Gasteiger partial charge in [0.2, 0.25) is 0 Å². The van der Waals surface area contributed by atoms with Crippen molar-refractivity contribution in [1.29, 1.82) is 0 Å². The van der Waals surface area contributed by atoms with E-state index in [1.807, 2.05) is 0 Å². The summed E-state index contributed by atoms with van der Waals surface area (Å²) in [4.78, 5) is 0. The molecular weight excluding hydrogens is 381 g/mol. The Morgan fingerprint density at radius 1 is 1.00 bits per heavy atom. The molecule has 0 saturated heterocycles. The Labute approximate surface area is 112 Å². The van der Waals surface area contributed by atoms with E-state index in [1.165, 1.54) is 5.92 Å². The molecule has 65 valence electrons. The summed E-state index contributed by atoms with van der Waals surface area (Å²) in [5, 5.41) is 0. The third-order valence-corrected chi connectivity index (χ3v) is 1.50. The van der Waals surface area contributed by atoms with Crippen molar-refractivity contribution >= 4 is 0 Å². The molecule has 0 spiro atoms. The van der Waals surface area contributed by atoms with Crippen molar-refractivity contribution in [2.75, 3.05) is 0 Å². The second-order valence-corrected chi connectivity index (χ2v) is 3.25. The zero-order chi connectivity index (χ0) is 8.08. The van der Waals surface area contributed by atoms with Crippen LogP contribution < -0.4 is 0 Å². The molecule has 0 amide bonds. The van der Waals surface area contributed by atoms with E-state index < -0.39 is 0 Å². The maximum Gasteiger partial charge on any atom is 2.00 e. The molecule has 0 unspecified atom stereocenters. The van der Waals surface area contributed by atoms with Gasteiger partial charge in [0.05, 0.1) is 0 Å². The summed E-state index contributed by atoms with van der Waals surface area (Å²) in [6, 6.07) is 0. The molecule has 0 fully saturated rings. The molecule has 0 heterocycles. The minimum atomic E-state index is 0. The molecule has 0 aliphatic heterocycles. The predicted molar refractivity (Wildman–Crippen MR) is 45.1 cm³/mol. The van der Waals surface area contributed by atoms with Crippen LogP contribution in [0.5, 0.6) is 0 Å². The first kappa shape index (κ1) is 23.0. The molecule has 0 aliphatic carbocycles. The summed E-state index contributed by atoms with van der Waals surface area (Å²) < 4.78 is 0. The number of rotatable bonds is 0. The molecule has 0 aliphatic rings. The van der Waals surface area contributed by atoms with Crippen molar-refractivity contribution in [3.63, 3.8) is 0 Å². The first-order valence-electron chi connectivity index (χ1n) is 3.46. The van der Waals surface area contributed by atoms with Gasteiger partial charge in [0.1, 0.15) is 0 Å². The fourth-order valence-corrected chi connectivity index (χ4v) is 0. The van der Waals surface area contributed by atoms with Crippen LogP contribution in [-0.4, -0.2) is 0 Å². The van der Waals surface area contributed by atoms with Gasteiger partial charge in [0, 0.05) is 32.7 Å². The average Bonchev–Trinajstić information content (AvgIpc) is 1.69. The standard InChI is InChI=1S/C7H15.C2H5.W.Y/c1-6(2)7(3,4)5;1-2;;/h1-5H3;1H2,2H3;;/q2*-1;+2;. The SMILES string of the molecule is C[C-](C)C(C)(C)C.[CH2-]C.[W+2].[Y]. The van der Waals surface area contributed by atoms with Crippen LogP contribution in [0.25, 0.3) is 0 Å². The van der Waals surface area contributed by atoms with Crippen LogP contribution in [0.4, 0.5) is 0 Å². The molecule has 11 heavy (non-hydrogen) atoms. The minimum absolute atomic E-state index is 0. The largest absolute Gasteiger partial charge is 2.00 e. The van der Waals surface area contributed by atoms with E-state index in [4.69, 9.17) is 0 Å². The second-order valence-electron chi connectivity index (χ2n) is 3.25. The maximum absolute atomic E-state index is 3.25. The quantitative estimate of drug-likeness (QED) is 0.546. The van der Waals surface area contributed by atoms with Crippen LogP contribution in [0, 0.1) is 18.3 Å². The number of hydrogen-bond acceptors (Lipinski definition) is 0. The van der Waals surface area contributed by atoms with E-state index in [-0.39, 0.29) is 53.8 Å². The van der Waals surface area contributed by atoms with E-state index in [9.17, 15) is 0 Å². The van der Waals surface area contributed by atoms with Crippen molar-refractivity contribution in [1.82, 2.24) is 0 Å². The molecule has 0 aromatic rings. The molecule has 2 heteroatoms. The van der Waals surface area contributed by atoms with E-state index >= 15 is 0 Å². The molecule has 0 aromatic carbocycles. The van der Waals surface area contributed by atoms with E-state index in [1.54, 1.807) is 6.92 Å². The minimum Gasteiger partial charge on any atom is -0.346 e. The van der Waals surface area contributed by atoms with Crippen LogP contribution in [0.2, 0.25) is 0 Å². The van der Waals surface area contributed by atoms with Crippen LogP contribution in [0.1, 0.15) is 41.5 Å². The summed E-state index contributed by atoms with van der Waals surface area (Å²) in [5.41, 5.74) is 0.417. The predicted octanol–water partition coefficient (Wildman–Crippen LogP) is 3.48. The first-order chi connectivity index (χ1) is 3.94. The topological polar surface area (TPSA) is 0 Å². The molecule has 0 bridgehead atoms. The fourth-order valence-electron chi connectivity index (χ4n) is 0.